The van der Waals surface area contributed by atoms with Gasteiger partial charge in [-0.1, -0.05) is 50.5 Å². The molecule has 0 aliphatic heterocycles. The van der Waals surface area contributed by atoms with Crippen LogP contribution in [0.25, 0.3) is 0 Å². The van der Waals surface area contributed by atoms with Gasteiger partial charge in [0.15, 0.2) is 0 Å². The number of aliphatic carboxylic acids is 1. The Morgan fingerprint density at radius 1 is 0.966 bits per heavy atom. The van der Waals surface area contributed by atoms with Gasteiger partial charge < -0.3 is 10.2 Å². The average molecular weight is 401 g/mol. The van der Waals surface area contributed by atoms with Crippen LogP contribution < -0.4 is 0 Å². The van der Waals surface area contributed by atoms with Crippen molar-refractivity contribution in [2.75, 3.05) is 0 Å². The van der Waals surface area contributed by atoms with Crippen LogP contribution in [-0.2, 0) is 11.2 Å². The zero-order chi connectivity index (χ0) is 20.6. The fraction of sp³-hybridized carbons (Fsp3) is 0.731. The summed E-state index contributed by atoms with van der Waals surface area (Å²) in [5.74, 6) is 1.54. The summed E-state index contributed by atoms with van der Waals surface area (Å²) in [4.78, 5) is 10.8. The van der Waals surface area contributed by atoms with Crippen LogP contribution in [0.5, 0.6) is 0 Å². The highest BCUT2D eigenvalue weighted by molar-refractivity contribution is 5.66. The number of aryl methyl sites for hydroxylation is 1. The molecule has 1 aromatic rings. The molecule has 2 N–H and O–H groups in total. The van der Waals surface area contributed by atoms with E-state index in [1.807, 2.05) is 0 Å². The quantitative estimate of drug-likeness (QED) is 0.403. The zero-order valence-electron chi connectivity index (χ0n) is 18.2. The largest absolute Gasteiger partial charge is 0.481 e. The van der Waals surface area contributed by atoms with E-state index < -0.39 is 5.97 Å². The number of aliphatic hydroxyl groups is 1. The van der Waals surface area contributed by atoms with Gasteiger partial charge in [-0.05, 0) is 92.6 Å². The van der Waals surface area contributed by atoms with Crippen LogP contribution in [0.3, 0.4) is 0 Å². The summed E-state index contributed by atoms with van der Waals surface area (Å²) in [5, 5.41) is 19.5. The summed E-state index contributed by atoms with van der Waals surface area (Å²) in [7, 11) is 0. The molecule has 1 aromatic carbocycles. The monoisotopic (exact) mass is 400 g/mol. The molecule has 29 heavy (non-hydrogen) atoms. The highest BCUT2D eigenvalue weighted by atomic mass is 16.4. The molecule has 0 aromatic heterocycles. The molecule has 0 heterocycles. The lowest BCUT2D eigenvalue weighted by Crippen LogP contribution is -2.31. The second-order valence-electron chi connectivity index (χ2n) is 9.59. The first kappa shape index (κ1) is 22.3. The summed E-state index contributed by atoms with van der Waals surface area (Å²) in [6.07, 6.45) is 14.0. The van der Waals surface area contributed by atoms with E-state index >= 15 is 0 Å². The van der Waals surface area contributed by atoms with Gasteiger partial charge in [0, 0.05) is 6.42 Å². The number of carbonyl (C=O) groups is 1. The lowest BCUT2D eigenvalue weighted by atomic mass is 9.66. The van der Waals surface area contributed by atoms with E-state index in [2.05, 4.69) is 31.2 Å². The number of hydrogen-bond donors (Lipinski definition) is 2. The second kappa shape index (κ2) is 11.2. The van der Waals surface area contributed by atoms with Gasteiger partial charge in [-0.15, -0.1) is 0 Å². The Labute approximate surface area is 176 Å². The fourth-order valence-electron chi connectivity index (χ4n) is 5.66. The number of rotatable bonds is 12. The molecule has 0 radical (unpaired) electrons. The molecule has 5 atom stereocenters. The Morgan fingerprint density at radius 3 is 2.38 bits per heavy atom. The highest BCUT2D eigenvalue weighted by Gasteiger charge is 2.40. The van der Waals surface area contributed by atoms with E-state index in [9.17, 15) is 9.90 Å². The van der Waals surface area contributed by atoms with E-state index in [4.69, 9.17) is 5.11 Å². The molecule has 3 rings (SSSR count). The van der Waals surface area contributed by atoms with Gasteiger partial charge in [0.1, 0.15) is 0 Å². The third-order valence-corrected chi connectivity index (χ3v) is 7.63. The molecule has 0 spiro atoms. The van der Waals surface area contributed by atoms with Gasteiger partial charge >= 0.3 is 5.97 Å². The van der Waals surface area contributed by atoms with Crippen molar-refractivity contribution in [3.63, 3.8) is 0 Å². The lowest BCUT2D eigenvalue weighted by Gasteiger charge is -2.40. The van der Waals surface area contributed by atoms with E-state index in [1.54, 1.807) is 0 Å². The van der Waals surface area contributed by atoms with Gasteiger partial charge in [-0.3, -0.25) is 4.79 Å². The first-order valence-corrected chi connectivity index (χ1v) is 12.1. The Bertz CT molecular complexity index is 623. The average Bonchev–Trinajstić information content (AvgIpc) is 3.06. The lowest BCUT2D eigenvalue weighted by molar-refractivity contribution is -0.137. The van der Waals surface area contributed by atoms with Crippen molar-refractivity contribution in [2.24, 2.45) is 17.8 Å². The van der Waals surface area contributed by atoms with Crippen LogP contribution in [0, 0.1) is 17.8 Å². The molecule has 2 saturated carbocycles. The normalized spacial score (nSPS) is 29.0. The SMILES string of the molecule is CCCCCCc1ccc([C@H]2CCC(O)C2C[C@H]2CCC2CCCC(=O)O)cc1. The van der Waals surface area contributed by atoms with Crippen molar-refractivity contribution >= 4 is 5.97 Å². The van der Waals surface area contributed by atoms with Crippen LogP contribution >= 0.6 is 0 Å². The minimum atomic E-state index is -0.680. The van der Waals surface area contributed by atoms with Gasteiger partial charge in [-0.25, -0.2) is 0 Å². The molecule has 2 aliphatic carbocycles. The van der Waals surface area contributed by atoms with Gasteiger partial charge in [0.05, 0.1) is 6.10 Å². The minimum Gasteiger partial charge on any atom is -0.481 e. The van der Waals surface area contributed by atoms with E-state index in [0.717, 1.165) is 32.1 Å². The number of benzene rings is 1. The fourth-order valence-corrected chi connectivity index (χ4v) is 5.66. The van der Waals surface area contributed by atoms with E-state index in [-0.39, 0.29) is 6.10 Å². The smallest absolute Gasteiger partial charge is 0.303 e. The first-order valence-electron chi connectivity index (χ1n) is 12.1. The molecule has 0 saturated heterocycles. The number of carboxylic acids is 1. The maximum atomic E-state index is 10.8. The Hall–Kier alpha value is -1.35. The minimum absolute atomic E-state index is 0.172. The first-order chi connectivity index (χ1) is 14.1. The van der Waals surface area contributed by atoms with E-state index in [1.165, 1.54) is 56.1 Å². The highest BCUT2D eigenvalue weighted by Crippen LogP contribution is 2.49. The van der Waals surface area contributed by atoms with Crippen molar-refractivity contribution in [3.05, 3.63) is 35.4 Å². The number of aliphatic hydroxyl groups excluding tert-OH is 1. The van der Waals surface area contributed by atoms with Crippen molar-refractivity contribution < 1.29 is 15.0 Å². The van der Waals surface area contributed by atoms with Crippen molar-refractivity contribution in [1.82, 2.24) is 0 Å². The maximum absolute atomic E-state index is 10.8. The topological polar surface area (TPSA) is 57.5 Å². The molecule has 2 fully saturated rings. The molecule has 3 heteroatoms. The van der Waals surface area contributed by atoms with Crippen LogP contribution in [0.15, 0.2) is 24.3 Å². The third kappa shape index (κ3) is 6.31. The third-order valence-electron chi connectivity index (χ3n) is 7.63. The number of unbranched alkanes of at least 4 members (excludes halogenated alkanes) is 3. The van der Waals surface area contributed by atoms with Crippen LogP contribution in [0.4, 0.5) is 0 Å². The predicted molar refractivity (Wildman–Crippen MR) is 118 cm³/mol. The molecule has 0 amide bonds. The Balaban J connectivity index is 1.52. The molecule has 3 unspecified atom stereocenters. The summed E-state index contributed by atoms with van der Waals surface area (Å²) in [6, 6.07) is 9.24. The molecule has 3 nitrogen and oxygen atoms in total. The van der Waals surface area contributed by atoms with Crippen molar-refractivity contribution in [3.8, 4) is 0 Å². The molecular formula is C26H40O3. The Morgan fingerprint density at radius 2 is 1.72 bits per heavy atom. The van der Waals surface area contributed by atoms with Crippen molar-refractivity contribution in [2.45, 2.75) is 102 Å². The van der Waals surface area contributed by atoms with Crippen LogP contribution in [0.1, 0.15) is 101 Å². The van der Waals surface area contributed by atoms with Gasteiger partial charge in [0.2, 0.25) is 0 Å². The molecule has 0 bridgehead atoms. The van der Waals surface area contributed by atoms with Gasteiger partial charge in [0.25, 0.3) is 0 Å². The number of hydrogen-bond acceptors (Lipinski definition) is 2. The summed E-state index contributed by atoms with van der Waals surface area (Å²) >= 11 is 0. The van der Waals surface area contributed by atoms with Gasteiger partial charge in [-0.2, -0.15) is 0 Å². The second-order valence-corrected chi connectivity index (χ2v) is 9.59. The summed E-state index contributed by atoms with van der Waals surface area (Å²) in [5.41, 5.74) is 2.85. The maximum Gasteiger partial charge on any atom is 0.303 e. The number of carboxylic acid groups (broad SMARTS) is 1. The van der Waals surface area contributed by atoms with Crippen LogP contribution in [-0.4, -0.2) is 22.3 Å². The molecular weight excluding hydrogens is 360 g/mol. The zero-order valence-corrected chi connectivity index (χ0v) is 18.2. The summed E-state index contributed by atoms with van der Waals surface area (Å²) in [6.45, 7) is 2.25. The standard InChI is InChI=1S/C26H40O3/c1-2-3-4-5-7-19-10-12-21(13-11-19)23-16-17-25(27)24(23)18-22-15-14-20(22)8-6-9-26(28)29/h10-13,20,22-25,27H,2-9,14-18H2,1H3,(H,28,29)/t20?,22-,23-,24?,25?/m1/s1. The van der Waals surface area contributed by atoms with Crippen molar-refractivity contribution in [1.29, 1.82) is 0 Å². The predicted octanol–water partition coefficient (Wildman–Crippen LogP) is 6.34. The Kier molecular flexibility index (Phi) is 8.59. The van der Waals surface area contributed by atoms with E-state index in [0.29, 0.717) is 30.1 Å². The molecule has 2 aliphatic rings. The summed E-state index contributed by atoms with van der Waals surface area (Å²) < 4.78 is 0. The molecule has 162 valence electrons. The van der Waals surface area contributed by atoms with Crippen LogP contribution in [0.2, 0.25) is 0 Å².